The molecule has 0 saturated heterocycles. The summed E-state index contributed by atoms with van der Waals surface area (Å²) in [5, 5.41) is 13.4. The van der Waals surface area contributed by atoms with Gasteiger partial charge in [-0.15, -0.1) is 0 Å². The summed E-state index contributed by atoms with van der Waals surface area (Å²) in [6, 6.07) is 23.9. The molecule has 0 radical (unpaired) electrons. The first kappa shape index (κ1) is 24.3. The monoisotopic (exact) mass is 522 g/mol. The number of methoxy groups -OCH3 is 1. The van der Waals surface area contributed by atoms with E-state index in [1.807, 2.05) is 73.6 Å². The predicted octanol–water partition coefficient (Wildman–Crippen LogP) is 6.12. The van der Waals surface area contributed by atoms with Crippen molar-refractivity contribution in [2.75, 3.05) is 27.7 Å². The normalized spacial score (nSPS) is 14.2. The number of fused-ring (bicyclic) bond motifs is 1. The maximum absolute atomic E-state index is 14.4. The van der Waals surface area contributed by atoms with Gasteiger partial charge in [-0.1, -0.05) is 54.6 Å². The van der Waals surface area contributed by atoms with E-state index in [1.54, 1.807) is 19.2 Å². The Morgan fingerprint density at radius 1 is 1.03 bits per heavy atom. The van der Waals surface area contributed by atoms with Crippen molar-refractivity contribution in [3.05, 3.63) is 106 Å². The maximum atomic E-state index is 14.4. The quantitative estimate of drug-likeness (QED) is 0.303. The summed E-state index contributed by atoms with van der Waals surface area (Å²) in [6.45, 7) is 0.602. The lowest BCUT2D eigenvalue weighted by atomic mass is 9.71. The molecule has 0 saturated carbocycles. The SMILES string of the molecule is COc1nc2c(Br)cccc2cc1C(c1ccccc1)C(O)(CCN(C)C)c1cccc(F)c1. The van der Waals surface area contributed by atoms with Crippen molar-refractivity contribution in [2.45, 2.75) is 17.9 Å². The van der Waals surface area contributed by atoms with Gasteiger partial charge in [-0.25, -0.2) is 9.37 Å². The van der Waals surface area contributed by atoms with Crippen molar-refractivity contribution in [1.29, 1.82) is 0 Å². The van der Waals surface area contributed by atoms with Crippen LogP contribution in [0.25, 0.3) is 10.9 Å². The molecule has 4 rings (SSSR count). The fraction of sp³-hybridized carbons (Fsp3) is 0.250. The summed E-state index contributed by atoms with van der Waals surface area (Å²) in [5.41, 5.74) is 1.49. The molecule has 0 aliphatic rings. The van der Waals surface area contributed by atoms with Gasteiger partial charge in [0.1, 0.15) is 11.4 Å². The van der Waals surface area contributed by atoms with Gasteiger partial charge in [0, 0.05) is 27.9 Å². The highest BCUT2D eigenvalue weighted by Gasteiger charge is 2.42. The second-order valence-electron chi connectivity index (χ2n) is 8.73. The molecule has 2 unspecified atom stereocenters. The molecule has 1 N–H and O–H groups in total. The molecule has 4 aromatic rings. The van der Waals surface area contributed by atoms with Crippen LogP contribution in [0.15, 0.2) is 83.3 Å². The summed E-state index contributed by atoms with van der Waals surface area (Å²) in [4.78, 5) is 6.81. The van der Waals surface area contributed by atoms with Crippen LogP contribution >= 0.6 is 15.9 Å². The average Bonchev–Trinajstić information content (AvgIpc) is 2.83. The van der Waals surface area contributed by atoms with Gasteiger partial charge in [-0.05, 0) is 71.8 Å². The minimum atomic E-state index is -1.43. The van der Waals surface area contributed by atoms with E-state index < -0.39 is 11.5 Å². The van der Waals surface area contributed by atoms with Gasteiger partial charge in [0.2, 0.25) is 5.88 Å². The highest BCUT2D eigenvalue weighted by molar-refractivity contribution is 9.10. The Balaban J connectivity index is 2.02. The Kier molecular flexibility index (Phi) is 7.31. The summed E-state index contributed by atoms with van der Waals surface area (Å²) < 4.78 is 21.0. The number of benzene rings is 3. The van der Waals surface area contributed by atoms with Crippen LogP contribution < -0.4 is 4.74 Å². The van der Waals surface area contributed by atoms with E-state index in [2.05, 4.69) is 15.9 Å². The summed E-state index contributed by atoms with van der Waals surface area (Å²) in [5.74, 6) is -0.519. The molecule has 0 spiro atoms. The van der Waals surface area contributed by atoms with Crippen LogP contribution in [0.5, 0.6) is 5.88 Å². The van der Waals surface area contributed by atoms with Gasteiger partial charge >= 0.3 is 0 Å². The summed E-state index contributed by atoms with van der Waals surface area (Å²) in [7, 11) is 5.50. The zero-order valence-corrected chi connectivity index (χ0v) is 21.1. The average molecular weight is 523 g/mol. The molecule has 0 aliphatic carbocycles. The van der Waals surface area contributed by atoms with Gasteiger partial charge in [-0.3, -0.25) is 0 Å². The topological polar surface area (TPSA) is 45.6 Å². The molecule has 0 amide bonds. The van der Waals surface area contributed by atoms with Gasteiger partial charge in [0.15, 0.2) is 0 Å². The largest absolute Gasteiger partial charge is 0.481 e. The lowest BCUT2D eigenvalue weighted by molar-refractivity contribution is 0.00354. The van der Waals surface area contributed by atoms with Crippen molar-refractivity contribution < 1.29 is 14.2 Å². The number of hydrogen-bond acceptors (Lipinski definition) is 4. The number of ether oxygens (including phenoxy) is 1. The number of pyridine rings is 1. The summed E-state index contributed by atoms with van der Waals surface area (Å²) >= 11 is 3.58. The van der Waals surface area contributed by atoms with Crippen molar-refractivity contribution >= 4 is 26.8 Å². The first-order valence-corrected chi connectivity index (χ1v) is 11.9. The Morgan fingerprint density at radius 3 is 2.44 bits per heavy atom. The van der Waals surface area contributed by atoms with Crippen LogP contribution in [0.2, 0.25) is 0 Å². The Hall–Kier alpha value is -2.80. The van der Waals surface area contributed by atoms with E-state index in [4.69, 9.17) is 9.72 Å². The molecule has 1 heterocycles. The molecule has 2 atom stereocenters. The van der Waals surface area contributed by atoms with E-state index in [-0.39, 0.29) is 5.82 Å². The molecule has 0 bridgehead atoms. The maximum Gasteiger partial charge on any atom is 0.217 e. The van der Waals surface area contributed by atoms with E-state index in [9.17, 15) is 9.50 Å². The molecular weight excluding hydrogens is 495 g/mol. The first-order valence-electron chi connectivity index (χ1n) is 11.1. The molecule has 6 heteroatoms. The van der Waals surface area contributed by atoms with Crippen LogP contribution in [0.3, 0.4) is 0 Å². The second-order valence-corrected chi connectivity index (χ2v) is 9.58. The molecule has 4 nitrogen and oxygen atoms in total. The van der Waals surface area contributed by atoms with Crippen LogP contribution in [-0.2, 0) is 5.60 Å². The van der Waals surface area contributed by atoms with Crippen LogP contribution in [0, 0.1) is 5.82 Å². The molecule has 3 aromatic carbocycles. The van der Waals surface area contributed by atoms with Crippen molar-refractivity contribution in [3.8, 4) is 5.88 Å². The number of para-hydroxylation sites is 1. The van der Waals surface area contributed by atoms with Crippen molar-refractivity contribution in [1.82, 2.24) is 9.88 Å². The number of halogens is 2. The molecule has 34 heavy (non-hydrogen) atoms. The number of aliphatic hydroxyl groups is 1. The molecule has 0 aliphatic heterocycles. The smallest absolute Gasteiger partial charge is 0.217 e. The zero-order valence-electron chi connectivity index (χ0n) is 19.5. The lowest BCUT2D eigenvalue weighted by Crippen LogP contribution is -2.38. The third-order valence-corrected chi connectivity index (χ3v) is 6.81. The molecule has 176 valence electrons. The van der Waals surface area contributed by atoms with Gasteiger partial charge < -0.3 is 14.7 Å². The third kappa shape index (κ3) is 4.85. The molecule has 0 fully saturated rings. The number of hydrogen-bond donors (Lipinski definition) is 1. The van der Waals surface area contributed by atoms with E-state index in [0.29, 0.717) is 24.4 Å². The first-order chi connectivity index (χ1) is 16.3. The van der Waals surface area contributed by atoms with E-state index in [1.165, 1.54) is 12.1 Å². The standard InChI is InChI=1S/C28H28BrFN2O2/c1-32(2)16-15-28(33,21-12-8-13-22(30)18-21)25(19-9-5-4-6-10-19)23-17-20-11-7-14-24(29)26(20)31-27(23)34-3/h4-14,17-18,25,33H,15-16H2,1-3H3. The summed E-state index contributed by atoms with van der Waals surface area (Å²) in [6.07, 6.45) is 0.378. The minimum absolute atomic E-state index is 0.378. The fourth-order valence-electron chi connectivity index (χ4n) is 4.50. The molecular formula is C28H28BrFN2O2. The number of aromatic nitrogens is 1. The minimum Gasteiger partial charge on any atom is -0.481 e. The van der Waals surface area contributed by atoms with Gasteiger partial charge in [0.05, 0.1) is 12.6 Å². The van der Waals surface area contributed by atoms with E-state index in [0.717, 1.165) is 26.5 Å². The lowest BCUT2D eigenvalue weighted by Gasteiger charge is -2.39. The van der Waals surface area contributed by atoms with Gasteiger partial charge in [0.25, 0.3) is 0 Å². The van der Waals surface area contributed by atoms with Crippen molar-refractivity contribution in [2.24, 2.45) is 0 Å². The van der Waals surface area contributed by atoms with Crippen LogP contribution in [0.4, 0.5) is 4.39 Å². The number of nitrogens with zero attached hydrogens (tertiary/aromatic N) is 2. The highest BCUT2D eigenvalue weighted by atomic mass is 79.9. The van der Waals surface area contributed by atoms with Crippen LogP contribution in [0.1, 0.15) is 29.0 Å². The third-order valence-electron chi connectivity index (χ3n) is 6.17. The zero-order chi connectivity index (χ0) is 24.3. The predicted molar refractivity (Wildman–Crippen MR) is 138 cm³/mol. The van der Waals surface area contributed by atoms with Gasteiger partial charge in [-0.2, -0.15) is 0 Å². The Bertz CT molecular complexity index is 1280. The van der Waals surface area contributed by atoms with Crippen molar-refractivity contribution in [3.63, 3.8) is 0 Å². The Morgan fingerprint density at radius 2 is 1.76 bits per heavy atom. The molecule has 1 aromatic heterocycles. The highest BCUT2D eigenvalue weighted by Crippen LogP contribution is 2.47. The second kappa shape index (κ2) is 10.2. The van der Waals surface area contributed by atoms with Crippen LogP contribution in [-0.4, -0.2) is 42.7 Å². The van der Waals surface area contributed by atoms with E-state index >= 15 is 0 Å². The Labute approximate surface area is 208 Å². The fourth-order valence-corrected chi connectivity index (χ4v) is 4.97. The number of rotatable bonds is 8.